The van der Waals surface area contributed by atoms with Crippen LogP contribution in [0.5, 0.6) is 11.5 Å². The summed E-state index contributed by atoms with van der Waals surface area (Å²) < 4.78 is 17.8. The summed E-state index contributed by atoms with van der Waals surface area (Å²) in [5, 5.41) is 6.79. The van der Waals surface area contributed by atoms with Crippen molar-refractivity contribution < 1.29 is 23.8 Å². The average molecular weight is 620 g/mol. The molecular weight excluding hydrogens is 578 g/mol. The summed E-state index contributed by atoms with van der Waals surface area (Å²) in [7, 11) is 0. The van der Waals surface area contributed by atoms with Gasteiger partial charge in [-0.2, -0.15) is 0 Å². The summed E-state index contributed by atoms with van der Waals surface area (Å²) in [5.74, 6) is 0.986. The molecule has 5 aromatic rings. The Balaban J connectivity index is 1.25. The molecular formula is C38H41N3O5. The third-order valence-corrected chi connectivity index (χ3v) is 7.30. The summed E-state index contributed by atoms with van der Waals surface area (Å²) in [5.41, 5.74) is 4.29. The summed E-state index contributed by atoms with van der Waals surface area (Å²) >= 11 is 0. The molecule has 8 nitrogen and oxygen atoms in total. The van der Waals surface area contributed by atoms with Gasteiger partial charge in [0.25, 0.3) is 0 Å². The van der Waals surface area contributed by atoms with Crippen LogP contribution in [-0.2, 0) is 35.6 Å². The van der Waals surface area contributed by atoms with E-state index in [1.54, 1.807) is 20.8 Å². The summed E-state index contributed by atoms with van der Waals surface area (Å²) in [6.07, 6.45) is 2.09. The highest BCUT2D eigenvalue weighted by molar-refractivity contribution is 5.88. The molecule has 0 bridgehead atoms. The first kappa shape index (κ1) is 32.2. The second-order valence-corrected chi connectivity index (χ2v) is 12.1. The maximum atomic E-state index is 13.5. The van der Waals surface area contributed by atoms with Gasteiger partial charge in [0.2, 0.25) is 5.91 Å². The van der Waals surface area contributed by atoms with E-state index in [1.165, 1.54) is 0 Å². The largest absolute Gasteiger partial charge is 0.485 e. The summed E-state index contributed by atoms with van der Waals surface area (Å²) in [4.78, 5) is 29.4. The molecule has 5 rings (SSSR count). The lowest BCUT2D eigenvalue weighted by Gasteiger charge is -2.23. The molecule has 0 radical (unpaired) electrons. The number of H-pyrrole nitrogens is 1. The second-order valence-electron chi connectivity index (χ2n) is 12.1. The van der Waals surface area contributed by atoms with E-state index in [2.05, 4.69) is 15.6 Å². The van der Waals surface area contributed by atoms with Crippen LogP contribution in [0.15, 0.2) is 109 Å². The standard InChI is InChI=1S/C38H41N3O5/c1-38(2,3)46-37(43)41-33(23-30-24-40-32-17-11-10-16-31(30)32)36(42)39-21-20-27-18-19-34(44-25-28-12-6-4-7-13-28)35(22-27)45-26-29-14-8-5-9-15-29/h4-19,22,24,33,40H,20-21,23,25-26H2,1-3H3,(H,39,42)(H,41,43)/t33-/m0/s1. The monoisotopic (exact) mass is 619 g/mol. The molecule has 3 N–H and O–H groups in total. The van der Waals surface area contributed by atoms with Crippen molar-refractivity contribution >= 4 is 22.9 Å². The SMILES string of the molecule is CC(C)(C)OC(=O)N[C@@H](Cc1c[nH]c2ccccc12)C(=O)NCCc1ccc(OCc2ccccc2)c(OCc2ccccc2)c1. The maximum Gasteiger partial charge on any atom is 0.408 e. The fraction of sp³-hybridized carbons (Fsp3) is 0.263. The van der Waals surface area contributed by atoms with Crippen LogP contribution in [0.1, 0.15) is 43.0 Å². The van der Waals surface area contributed by atoms with Crippen LogP contribution in [0, 0.1) is 0 Å². The first-order valence-electron chi connectivity index (χ1n) is 15.5. The van der Waals surface area contributed by atoms with E-state index in [-0.39, 0.29) is 5.91 Å². The Morgan fingerprint density at radius 2 is 1.39 bits per heavy atom. The van der Waals surface area contributed by atoms with Crippen LogP contribution in [0.25, 0.3) is 10.9 Å². The molecule has 2 amide bonds. The molecule has 0 aliphatic rings. The Kier molecular flexibility index (Phi) is 10.6. The number of amides is 2. The van der Waals surface area contributed by atoms with Crippen molar-refractivity contribution in [2.24, 2.45) is 0 Å². The highest BCUT2D eigenvalue weighted by Crippen LogP contribution is 2.30. The summed E-state index contributed by atoms with van der Waals surface area (Å²) in [6, 6.07) is 32.8. The fourth-order valence-corrected chi connectivity index (χ4v) is 5.04. The molecule has 0 aliphatic heterocycles. The zero-order valence-corrected chi connectivity index (χ0v) is 26.5. The van der Waals surface area contributed by atoms with Crippen molar-refractivity contribution in [3.05, 3.63) is 132 Å². The van der Waals surface area contributed by atoms with Crippen molar-refractivity contribution in [3.8, 4) is 11.5 Å². The van der Waals surface area contributed by atoms with Gasteiger partial charge in [0.15, 0.2) is 11.5 Å². The molecule has 0 aliphatic carbocycles. The van der Waals surface area contributed by atoms with Gasteiger partial charge in [-0.1, -0.05) is 84.9 Å². The van der Waals surface area contributed by atoms with Crippen molar-refractivity contribution in [1.29, 1.82) is 0 Å². The van der Waals surface area contributed by atoms with E-state index in [1.807, 2.05) is 109 Å². The molecule has 8 heteroatoms. The minimum Gasteiger partial charge on any atom is -0.485 e. The van der Waals surface area contributed by atoms with Crippen LogP contribution >= 0.6 is 0 Å². The van der Waals surface area contributed by atoms with Gasteiger partial charge in [-0.15, -0.1) is 0 Å². The number of hydrogen-bond donors (Lipinski definition) is 3. The smallest absolute Gasteiger partial charge is 0.408 e. The van der Waals surface area contributed by atoms with E-state index in [0.717, 1.165) is 33.2 Å². The number of rotatable bonds is 13. The molecule has 1 heterocycles. The Morgan fingerprint density at radius 1 is 0.761 bits per heavy atom. The van der Waals surface area contributed by atoms with Crippen LogP contribution in [-0.4, -0.2) is 35.2 Å². The van der Waals surface area contributed by atoms with Gasteiger partial charge in [-0.05, 0) is 67.6 Å². The van der Waals surface area contributed by atoms with Crippen LogP contribution < -0.4 is 20.1 Å². The van der Waals surface area contributed by atoms with E-state index in [0.29, 0.717) is 44.1 Å². The van der Waals surface area contributed by atoms with Crippen molar-refractivity contribution in [2.45, 2.75) is 58.5 Å². The number of aromatic amines is 1. The number of benzene rings is 4. The first-order chi connectivity index (χ1) is 22.2. The normalized spacial score (nSPS) is 11.9. The van der Waals surface area contributed by atoms with E-state index < -0.39 is 17.7 Å². The number of fused-ring (bicyclic) bond motifs is 1. The average Bonchev–Trinajstić information content (AvgIpc) is 3.45. The molecule has 1 atom stereocenters. The van der Waals surface area contributed by atoms with Gasteiger partial charge >= 0.3 is 6.09 Å². The maximum absolute atomic E-state index is 13.5. The second kappa shape index (κ2) is 15.2. The van der Waals surface area contributed by atoms with E-state index in [9.17, 15) is 9.59 Å². The molecule has 0 fully saturated rings. The number of aromatic nitrogens is 1. The predicted octanol–water partition coefficient (Wildman–Crippen LogP) is 7.12. The van der Waals surface area contributed by atoms with E-state index >= 15 is 0 Å². The Labute approximate surface area is 270 Å². The fourth-order valence-electron chi connectivity index (χ4n) is 5.04. The minimum absolute atomic E-state index is 0.292. The van der Waals surface area contributed by atoms with Gasteiger partial charge in [-0.25, -0.2) is 4.79 Å². The highest BCUT2D eigenvalue weighted by Gasteiger charge is 2.25. The molecule has 0 unspecified atom stereocenters. The molecule has 46 heavy (non-hydrogen) atoms. The zero-order valence-electron chi connectivity index (χ0n) is 26.5. The number of hydrogen-bond acceptors (Lipinski definition) is 5. The van der Waals surface area contributed by atoms with Crippen molar-refractivity contribution in [1.82, 2.24) is 15.6 Å². The number of nitrogens with one attached hydrogen (secondary N) is 3. The molecule has 1 aromatic heterocycles. The molecule has 0 spiro atoms. The Morgan fingerprint density at radius 3 is 2.07 bits per heavy atom. The topological polar surface area (TPSA) is 102 Å². The first-order valence-corrected chi connectivity index (χ1v) is 15.5. The third kappa shape index (κ3) is 9.38. The van der Waals surface area contributed by atoms with Crippen LogP contribution in [0.2, 0.25) is 0 Å². The van der Waals surface area contributed by atoms with Gasteiger partial charge in [0, 0.05) is 30.1 Å². The summed E-state index contributed by atoms with van der Waals surface area (Å²) in [6.45, 7) is 6.54. The number of para-hydroxylation sites is 1. The quantitative estimate of drug-likeness (QED) is 0.130. The van der Waals surface area contributed by atoms with Gasteiger partial charge in [0.1, 0.15) is 24.9 Å². The lowest BCUT2D eigenvalue weighted by Crippen LogP contribution is -2.49. The van der Waals surface area contributed by atoms with E-state index in [4.69, 9.17) is 14.2 Å². The lowest BCUT2D eigenvalue weighted by atomic mass is 10.0. The van der Waals surface area contributed by atoms with Gasteiger partial charge in [-0.3, -0.25) is 4.79 Å². The minimum atomic E-state index is -0.826. The lowest BCUT2D eigenvalue weighted by molar-refractivity contribution is -0.123. The highest BCUT2D eigenvalue weighted by atomic mass is 16.6. The Bertz CT molecular complexity index is 1730. The number of carbonyl (C=O) groups is 2. The molecule has 0 saturated heterocycles. The van der Waals surface area contributed by atoms with Crippen LogP contribution in [0.4, 0.5) is 4.79 Å². The van der Waals surface area contributed by atoms with Crippen molar-refractivity contribution in [3.63, 3.8) is 0 Å². The molecule has 238 valence electrons. The van der Waals surface area contributed by atoms with Crippen molar-refractivity contribution in [2.75, 3.05) is 6.54 Å². The van der Waals surface area contributed by atoms with Gasteiger partial charge in [0.05, 0.1) is 0 Å². The number of ether oxygens (including phenoxy) is 3. The van der Waals surface area contributed by atoms with Gasteiger partial charge < -0.3 is 29.8 Å². The Hall–Kier alpha value is -5.24. The predicted molar refractivity (Wildman–Crippen MR) is 180 cm³/mol. The molecule has 4 aromatic carbocycles. The number of carbonyl (C=O) groups excluding carboxylic acids is 2. The molecule has 0 saturated carbocycles. The third-order valence-electron chi connectivity index (χ3n) is 7.30. The zero-order chi connectivity index (χ0) is 32.4. The van der Waals surface area contributed by atoms with Crippen LogP contribution in [0.3, 0.4) is 0 Å². The number of alkyl carbamates (subject to hydrolysis) is 1.